The Morgan fingerprint density at radius 1 is 1.03 bits per heavy atom. The molecule has 0 spiro atoms. The van der Waals surface area contributed by atoms with Gasteiger partial charge in [-0.05, 0) is 62.6 Å². The van der Waals surface area contributed by atoms with Crippen molar-refractivity contribution < 1.29 is 9.53 Å². The van der Waals surface area contributed by atoms with Crippen molar-refractivity contribution in [3.8, 4) is 5.75 Å². The number of amides is 1. The molecule has 152 valence electrons. The maximum absolute atomic E-state index is 12.3. The third-order valence-corrected chi connectivity index (χ3v) is 5.47. The first-order valence-electron chi connectivity index (χ1n) is 9.41. The second-order valence-corrected chi connectivity index (χ2v) is 8.17. The summed E-state index contributed by atoms with van der Waals surface area (Å²) in [6.07, 6.45) is 0. The zero-order chi connectivity index (χ0) is 21.0. The van der Waals surface area contributed by atoms with Crippen LogP contribution in [0.2, 0.25) is 0 Å². The number of benzene rings is 2. The summed E-state index contributed by atoms with van der Waals surface area (Å²) in [4.78, 5) is 12.3. The van der Waals surface area contributed by atoms with Crippen LogP contribution in [0, 0.1) is 27.7 Å². The van der Waals surface area contributed by atoms with Crippen LogP contribution >= 0.6 is 11.8 Å². The second-order valence-electron chi connectivity index (χ2n) is 7.23. The molecule has 0 bridgehead atoms. The van der Waals surface area contributed by atoms with E-state index in [2.05, 4.69) is 34.6 Å². The quantitative estimate of drug-likeness (QED) is 0.586. The molecule has 2 aromatic carbocycles. The van der Waals surface area contributed by atoms with E-state index in [0.29, 0.717) is 17.6 Å². The minimum atomic E-state index is -0.0731. The molecule has 1 N–H and O–H groups in total. The minimum Gasteiger partial charge on any atom is -0.485 e. The standard InChI is InChI=1S/C22H26N4O2S/c1-14-6-7-19(17(4)9-14)28-12-20-24-25-22(26(20)5)29-13-21(27)23-18-10-15(2)8-16(3)11-18/h6-11H,12-13H2,1-5H3,(H,23,27). The molecule has 0 radical (unpaired) electrons. The first-order valence-corrected chi connectivity index (χ1v) is 10.4. The summed E-state index contributed by atoms with van der Waals surface area (Å²) in [6, 6.07) is 12.1. The monoisotopic (exact) mass is 410 g/mol. The van der Waals surface area contributed by atoms with Gasteiger partial charge in [0.05, 0.1) is 5.75 Å². The number of hydrogen-bond donors (Lipinski definition) is 1. The summed E-state index contributed by atoms with van der Waals surface area (Å²) in [5.74, 6) is 1.73. The van der Waals surface area contributed by atoms with Crippen LogP contribution in [0.25, 0.3) is 0 Å². The van der Waals surface area contributed by atoms with Crippen molar-refractivity contribution in [1.29, 1.82) is 0 Å². The highest BCUT2D eigenvalue weighted by Crippen LogP contribution is 2.21. The summed E-state index contributed by atoms with van der Waals surface area (Å²) >= 11 is 1.35. The number of nitrogens with one attached hydrogen (secondary N) is 1. The van der Waals surface area contributed by atoms with Crippen LogP contribution in [0.4, 0.5) is 5.69 Å². The normalized spacial score (nSPS) is 10.8. The number of nitrogens with zero attached hydrogens (tertiary/aromatic N) is 3. The van der Waals surface area contributed by atoms with E-state index in [0.717, 1.165) is 28.1 Å². The largest absolute Gasteiger partial charge is 0.485 e. The molecule has 0 aliphatic rings. The highest BCUT2D eigenvalue weighted by Gasteiger charge is 2.13. The number of thioether (sulfide) groups is 1. The zero-order valence-corrected chi connectivity index (χ0v) is 18.3. The van der Waals surface area contributed by atoms with Crippen molar-refractivity contribution in [2.75, 3.05) is 11.1 Å². The predicted molar refractivity (Wildman–Crippen MR) is 117 cm³/mol. The molecule has 7 heteroatoms. The Morgan fingerprint density at radius 3 is 2.45 bits per heavy atom. The molecule has 6 nitrogen and oxygen atoms in total. The van der Waals surface area contributed by atoms with E-state index in [4.69, 9.17) is 4.74 Å². The lowest BCUT2D eigenvalue weighted by molar-refractivity contribution is -0.113. The molecule has 1 amide bonds. The van der Waals surface area contributed by atoms with Crippen LogP contribution in [0.15, 0.2) is 41.6 Å². The average molecular weight is 411 g/mol. The average Bonchev–Trinajstić information content (AvgIpc) is 2.98. The Kier molecular flexibility index (Phi) is 6.59. The van der Waals surface area contributed by atoms with Crippen molar-refractivity contribution in [1.82, 2.24) is 14.8 Å². The fourth-order valence-corrected chi connectivity index (χ4v) is 3.80. The summed E-state index contributed by atoms with van der Waals surface area (Å²) < 4.78 is 7.75. The van der Waals surface area contributed by atoms with Gasteiger partial charge in [-0.2, -0.15) is 0 Å². The molecule has 29 heavy (non-hydrogen) atoms. The highest BCUT2D eigenvalue weighted by atomic mass is 32.2. The van der Waals surface area contributed by atoms with Gasteiger partial charge in [-0.15, -0.1) is 10.2 Å². The van der Waals surface area contributed by atoms with Crippen LogP contribution in [0.1, 0.15) is 28.1 Å². The molecule has 1 aromatic heterocycles. The fourth-order valence-electron chi connectivity index (χ4n) is 3.07. The number of aromatic nitrogens is 3. The maximum atomic E-state index is 12.3. The molecule has 3 aromatic rings. The number of rotatable bonds is 7. The van der Waals surface area contributed by atoms with Gasteiger partial charge in [0.25, 0.3) is 0 Å². The maximum Gasteiger partial charge on any atom is 0.234 e. The summed E-state index contributed by atoms with van der Waals surface area (Å²) in [7, 11) is 1.88. The molecule has 0 saturated carbocycles. The molecular weight excluding hydrogens is 384 g/mol. The van der Waals surface area contributed by atoms with E-state index in [1.54, 1.807) is 0 Å². The zero-order valence-electron chi connectivity index (χ0n) is 17.4. The molecule has 0 saturated heterocycles. The molecule has 0 aliphatic carbocycles. The van der Waals surface area contributed by atoms with Gasteiger partial charge in [0.2, 0.25) is 5.91 Å². The van der Waals surface area contributed by atoms with E-state index in [9.17, 15) is 4.79 Å². The van der Waals surface area contributed by atoms with Crippen LogP contribution < -0.4 is 10.1 Å². The van der Waals surface area contributed by atoms with Crippen LogP contribution in [-0.4, -0.2) is 26.4 Å². The van der Waals surface area contributed by atoms with E-state index in [1.807, 2.05) is 56.7 Å². The van der Waals surface area contributed by atoms with Crippen LogP contribution in [0.3, 0.4) is 0 Å². The lowest BCUT2D eigenvalue weighted by atomic mass is 10.1. The van der Waals surface area contributed by atoms with Crippen molar-refractivity contribution in [3.05, 3.63) is 64.5 Å². The third kappa shape index (κ3) is 5.60. The highest BCUT2D eigenvalue weighted by molar-refractivity contribution is 7.99. The lowest BCUT2D eigenvalue weighted by Gasteiger charge is -2.10. The van der Waals surface area contributed by atoms with Crippen LogP contribution in [0.5, 0.6) is 5.75 Å². The van der Waals surface area contributed by atoms with Crippen molar-refractivity contribution in [2.45, 2.75) is 39.5 Å². The van der Waals surface area contributed by atoms with Gasteiger partial charge < -0.3 is 14.6 Å². The number of hydrogen-bond acceptors (Lipinski definition) is 5. The fraction of sp³-hybridized carbons (Fsp3) is 0.318. The molecular formula is C22H26N4O2S. The van der Waals surface area contributed by atoms with E-state index < -0.39 is 0 Å². The number of anilines is 1. The van der Waals surface area contributed by atoms with Crippen molar-refractivity contribution in [3.63, 3.8) is 0 Å². The molecule has 0 unspecified atom stereocenters. The predicted octanol–water partition coefficient (Wildman–Crippen LogP) is 4.36. The molecule has 0 fully saturated rings. The number of aryl methyl sites for hydroxylation is 4. The van der Waals surface area contributed by atoms with Crippen LogP contribution in [-0.2, 0) is 18.4 Å². The first kappa shape index (κ1) is 20.9. The topological polar surface area (TPSA) is 69.0 Å². The third-order valence-electron chi connectivity index (χ3n) is 4.45. The van der Waals surface area contributed by atoms with Gasteiger partial charge in [0.1, 0.15) is 12.4 Å². The number of carbonyl (C=O) groups is 1. The van der Waals surface area contributed by atoms with Crippen molar-refractivity contribution in [2.24, 2.45) is 7.05 Å². The Labute approximate surface area is 175 Å². The SMILES string of the molecule is Cc1cc(C)cc(NC(=O)CSc2nnc(COc3ccc(C)cc3C)n2C)c1. The Balaban J connectivity index is 1.55. The van der Waals surface area contributed by atoms with Gasteiger partial charge in [-0.3, -0.25) is 4.79 Å². The minimum absolute atomic E-state index is 0.0731. The molecule has 1 heterocycles. The molecule has 0 atom stereocenters. The Morgan fingerprint density at radius 2 is 1.76 bits per heavy atom. The lowest BCUT2D eigenvalue weighted by Crippen LogP contribution is -2.14. The smallest absolute Gasteiger partial charge is 0.234 e. The Bertz CT molecular complexity index is 1010. The van der Waals surface area contributed by atoms with Gasteiger partial charge in [0.15, 0.2) is 11.0 Å². The van der Waals surface area contributed by atoms with Crippen molar-refractivity contribution >= 4 is 23.4 Å². The number of ether oxygens (including phenoxy) is 1. The number of carbonyl (C=O) groups excluding carboxylic acids is 1. The second kappa shape index (κ2) is 9.13. The van der Waals surface area contributed by atoms with E-state index in [-0.39, 0.29) is 11.7 Å². The van der Waals surface area contributed by atoms with E-state index >= 15 is 0 Å². The van der Waals surface area contributed by atoms with Gasteiger partial charge in [-0.25, -0.2) is 0 Å². The van der Waals surface area contributed by atoms with E-state index in [1.165, 1.54) is 17.3 Å². The van der Waals surface area contributed by atoms with Gasteiger partial charge in [0, 0.05) is 12.7 Å². The van der Waals surface area contributed by atoms with Gasteiger partial charge in [-0.1, -0.05) is 35.5 Å². The summed E-state index contributed by atoms with van der Waals surface area (Å²) in [5, 5.41) is 12.0. The summed E-state index contributed by atoms with van der Waals surface area (Å²) in [6.45, 7) is 8.42. The van der Waals surface area contributed by atoms with Gasteiger partial charge >= 0.3 is 0 Å². The summed E-state index contributed by atoms with van der Waals surface area (Å²) in [5.41, 5.74) is 5.34. The molecule has 3 rings (SSSR count). The molecule has 0 aliphatic heterocycles. The Hall–Kier alpha value is -2.80. The first-order chi connectivity index (χ1) is 13.8.